The number of hydrazone groups is 1. The second-order valence-electron chi connectivity index (χ2n) is 6.88. The summed E-state index contributed by atoms with van der Waals surface area (Å²) in [6.07, 6.45) is 1.85. The molecule has 0 amide bonds. The van der Waals surface area contributed by atoms with E-state index in [4.69, 9.17) is 21.1 Å². The van der Waals surface area contributed by atoms with Crippen molar-refractivity contribution in [3.63, 3.8) is 0 Å². The predicted octanol–water partition coefficient (Wildman–Crippen LogP) is 5.20. The molecule has 3 rings (SSSR count). The number of nitrogens with zero attached hydrogens (tertiary/aromatic N) is 2. The molecule has 2 aromatic carbocycles. The molecule has 0 atom stereocenters. The summed E-state index contributed by atoms with van der Waals surface area (Å²) in [5, 5.41) is 5.12. The smallest absolute Gasteiger partial charge is 0.161 e. The molecule has 0 radical (unpaired) electrons. The Morgan fingerprint density at radius 1 is 1.00 bits per heavy atom. The Bertz CT molecular complexity index is 1040. The van der Waals surface area contributed by atoms with Crippen LogP contribution >= 0.6 is 11.6 Å². The highest BCUT2D eigenvalue weighted by molar-refractivity contribution is 6.30. The van der Waals surface area contributed by atoms with Crippen LogP contribution in [0.1, 0.15) is 28.1 Å². The highest BCUT2D eigenvalue weighted by atomic mass is 35.5. The Labute approximate surface area is 176 Å². The van der Waals surface area contributed by atoms with Gasteiger partial charge in [-0.25, -0.2) is 0 Å². The first-order valence-corrected chi connectivity index (χ1v) is 9.74. The largest absolute Gasteiger partial charge is 0.493 e. The third-order valence-corrected chi connectivity index (χ3v) is 5.14. The molecule has 0 bridgehead atoms. The van der Waals surface area contributed by atoms with Gasteiger partial charge in [-0.2, -0.15) is 5.10 Å². The van der Waals surface area contributed by atoms with Crippen LogP contribution in [0, 0.1) is 20.8 Å². The average molecular weight is 412 g/mol. The van der Waals surface area contributed by atoms with Crippen LogP contribution in [0.4, 0.5) is 0 Å². The number of halogens is 1. The van der Waals surface area contributed by atoms with Crippen LogP contribution < -0.4 is 14.9 Å². The molecule has 1 N–H and O–H groups in total. The summed E-state index contributed by atoms with van der Waals surface area (Å²) >= 11 is 6.21. The van der Waals surface area contributed by atoms with Crippen LogP contribution in [-0.4, -0.2) is 25.0 Å². The van der Waals surface area contributed by atoms with E-state index in [9.17, 15) is 0 Å². The highest BCUT2D eigenvalue weighted by Gasteiger charge is 2.12. The van der Waals surface area contributed by atoms with E-state index in [-0.39, 0.29) is 0 Å². The van der Waals surface area contributed by atoms with Gasteiger partial charge >= 0.3 is 0 Å². The van der Waals surface area contributed by atoms with Gasteiger partial charge in [0.1, 0.15) is 0 Å². The number of methoxy groups -OCH3 is 2. The minimum atomic E-state index is 0.586. The Balaban J connectivity index is 1.74. The number of ether oxygens (including phenoxy) is 2. The van der Waals surface area contributed by atoms with Crippen molar-refractivity contribution in [3.05, 3.63) is 75.6 Å². The fourth-order valence-corrected chi connectivity index (χ4v) is 3.52. The van der Waals surface area contributed by atoms with Crippen LogP contribution in [0.2, 0.25) is 5.02 Å². The summed E-state index contributed by atoms with van der Waals surface area (Å²) < 4.78 is 12.8. The molecule has 5 nitrogen and oxygen atoms in total. The zero-order valence-electron chi connectivity index (χ0n) is 17.4. The van der Waals surface area contributed by atoms with E-state index in [1.807, 2.05) is 42.6 Å². The summed E-state index contributed by atoms with van der Waals surface area (Å²) in [6.45, 7) is 6.84. The fourth-order valence-electron chi connectivity index (χ4n) is 3.36. The second-order valence-corrected chi connectivity index (χ2v) is 7.31. The summed E-state index contributed by atoms with van der Waals surface area (Å²) in [6, 6.07) is 13.9. The Kier molecular flexibility index (Phi) is 6.49. The maximum Gasteiger partial charge on any atom is 0.161 e. The van der Waals surface area contributed by atoms with Gasteiger partial charge in [0.25, 0.3) is 0 Å². The average Bonchev–Trinajstić information content (AvgIpc) is 3.00. The van der Waals surface area contributed by atoms with Crippen molar-refractivity contribution >= 4 is 17.8 Å². The molecule has 6 heteroatoms. The van der Waals surface area contributed by atoms with Crippen LogP contribution in [0.25, 0.3) is 5.69 Å². The van der Waals surface area contributed by atoms with Crippen molar-refractivity contribution in [1.29, 1.82) is 0 Å². The Morgan fingerprint density at radius 3 is 2.48 bits per heavy atom. The third kappa shape index (κ3) is 4.57. The lowest BCUT2D eigenvalue weighted by Gasteiger charge is -2.13. The van der Waals surface area contributed by atoms with E-state index in [0.717, 1.165) is 33.2 Å². The SMILES string of the molecule is COc1ccc(CN/N=C\c2cc(C)n(-c3cc(Cl)ccc3C)c2C)cc1OC. The number of nitrogens with one attached hydrogen (secondary N) is 1. The monoisotopic (exact) mass is 411 g/mol. The molecule has 1 heterocycles. The standard InChI is InChI=1S/C23H26ClN3O2/c1-15-6-8-20(24)12-21(15)27-16(2)10-19(17(27)3)14-26-25-13-18-7-9-22(28-4)23(11-18)29-5/h6-12,14,25H,13H2,1-5H3/b26-14-. The van der Waals surface area contributed by atoms with Crippen LogP contribution in [0.3, 0.4) is 0 Å². The predicted molar refractivity (Wildman–Crippen MR) is 119 cm³/mol. The van der Waals surface area contributed by atoms with Gasteiger partial charge in [-0.3, -0.25) is 0 Å². The van der Waals surface area contributed by atoms with E-state index >= 15 is 0 Å². The first-order valence-electron chi connectivity index (χ1n) is 9.37. The molecular formula is C23H26ClN3O2. The highest BCUT2D eigenvalue weighted by Crippen LogP contribution is 2.27. The quantitative estimate of drug-likeness (QED) is 0.429. The number of aromatic nitrogens is 1. The first kappa shape index (κ1) is 20.8. The van der Waals surface area contributed by atoms with Gasteiger partial charge in [-0.15, -0.1) is 0 Å². The van der Waals surface area contributed by atoms with Gasteiger partial charge in [0.05, 0.1) is 27.0 Å². The zero-order chi connectivity index (χ0) is 21.0. The number of hydrogen-bond acceptors (Lipinski definition) is 4. The van der Waals surface area contributed by atoms with Crippen LogP contribution in [-0.2, 0) is 6.54 Å². The molecule has 0 aliphatic rings. The molecule has 3 aromatic rings. The molecule has 0 spiro atoms. The first-order chi connectivity index (χ1) is 13.9. The molecule has 29 heavy (non-hydrogen) atoms. The number of aryl methyl sites for hydroxylation is 2. The molecule has 0 fully saturated rings. The molecule has 0 saturated heterocycles. The maximum absolute atomic E-state index is 6.21. The zero-order valence-corrected chi connectivity index (χ0v) is 18.2. The third-order valence-electron chi connectivity index (χ3n) is 4.91. The van der Waals surface area contributed by atoms with Gasteiger partial charge in [-0.1, -0.05) is 23.7 Å². The van der Waals surface area contributed by atoms with Crippen molar-refractivity contribution in [1.82, 2.24) is 9.99 Å². The van der Waals surface area contributed by atoms with Crippen LogP contribution in [0.15, 0.2) is 47.6 Å². The fraction of sp³-hybridized carbons (Fsp3) is 0.261. The van der Waals surface area contributed by atoms with Crippen molar-refractivity contribution in [3.8, 4) is 17.2 Å². The van der Waals surface area contributed by atoms with Gasteiger partial charge in [0.2, 0.25) is 0 Å². The topological polar surface area (TPSA) is 47.8 Å². The van der Waals surface area contributed by atoms with E-state index in [1.54, 1.807) is 14.2 Å². The van der Waals surface area contributed by atoms with Crippen molar-refractivity contribution < 1.29 is 9.47 Å². The normalized spacial score (nSPS) is 11.1. The molecule has 0 saturated carbocycles. The molecule has 0 aliphatic heterocycles. The van der Waals surface area contributed by atoms with Crippen molar-refractivity contribution in [2.45, 2.75) is 27.3 Å². The van der Waals surface area contributed by atoms with Gasteiger partial charge in [-0.05, 0) is 62.2 Å². The van der Waals surface area contributed by atoms with E-state index in [2.05, 4.69) is 41.9 Å². The number of hydrogen-bond donors (Lipinski definition) is 1. The Morgan fingerprint density at radius 2 is 1.76 bits per heavy atom. The summed E-state index contributed by atoms with van der Waals surface area (Å²) in [5.41, 5.74) is 9.72. The summed E-state index contributed by atoms with van der Waals surface area (Å²) in [7, 11) is 3.26. The lowest BCUT2D eigenvalue weighted by molar-refractivity contribution is 0.354. The van der Waals surface area contributed by atoms with Gasteiger partial charge < -0.3 is 19.5 Å². The van der Waals surface area contributed by atoms with Crippen molar-refractivity contribution in [2.24, 2.45) is 5.10 Å². The van der Waals surface area contributed by atoms with E-state index < -0.39 is 0 Å². The van der Waals surface area contributed by atoms with Crippen LogP contribution in [0.5, 0.6) is 11.5 Å². The summed E-state index contributed by atoms with van der Waals surface area (Å²) in [5.74, 6) is 1.42. The lowest BCUT2D eigenvalue weighted by atomic mass is 10.2. The second kappa shape index (κ2) is 9.05. The molecule has 0 aliphatic carbocycles. The molecule has 152 valence electrons. The molecule has 0 unspecified atom stereocenters. The van der Waals surface area contributed by atoms with Gasteiger partial charge in [0, 0.05) is 27.7 Å². The number of benzene rings is 2. The summed E-state index contributed by atoms with van der Waals surface area (Å²) in [4.78, 5) is 0. The lowest BCUT2D eigenvalue weighted by Crippen LogP contribution is -2.06. The van der Waals surface area contributed by atoms with Crippen molar-refractivity contribution in [2.75, 3.05) is 14.2 Å². The minimum Gasteiger partial charge on any atom is -0.493 e. The van der Waals surface area contributed by atoms with Gasteiger partial charge in [0.15, 0.2) is 11.5 Å². The molecular weight excluding hydrogens is 386 g/mol. The number of rotatable bonds is 7. The molecule has 1 aromatic heterocycles. The van der Waals surface area contributed by atoms with E-state index in [0.29, 0.717) is 18.0 Å². The minimum absolute atomic E-state index is 0.586. The maximum atomic E-state index is 6.21. The van der Waals surface area contributed by atoms with E-state index in [1.165, 1.54) is 5.56 Å². The Hall–Kier alpha value is -2.92.